The Morgan fingerprint density at radius 1 is 1.32 bits per heavy atom. The van der Waals surface area contributed by atoms with Gasteiger partial charge in [0, 0.05) is 5.56 Å². The first-order chi connectivity index (χ1) is 10.2. The summed E-state index contributed by atoms with van der Waals surface area (Å²) in [7, 11) is 1.48. The summed E-state index contributed by atoms with van der Waals surface area (Å²) in [6.07, 6.45) is -0.578. The van der Waals surface area contributed by atoms with Crippen molar-refractivity contribution in [3.8, 4) is 17.6 Å². The van der Waals surface area contributed by atoms with Gasteiger partial charge in [-0.2, -0.15) is 0 Å². The van der Waals surface area contributed by atoms with Gasteiger partial charge in [-0.25, -0.2) is 9.59 Å². The average molecular weight is 305 g/mol. The highest BCUT2D eigenvalue weighted by Gasteiger charge is 2.15. The number of benzene rings is 1. The van der Waals surface area contributed by atoms with Crippen LogP contribution in [-0.2, 0) is 4.74 Å². The summed E-state index contributed by atoms with van der Waals surface area (Å²) in [5.41, 5.74) is -0.191. The van der Waals surface area contributed by atoms with Crippen molar-refractivity contribution in [3.05, 3.63) is 29.3 Å². The molecule has 0 aliphatic rings. The largest absolute Gasteiger partial charge is 0.497 e. The van der Waals surface area contributed by atoms with Gasteiger partial charge in [0.2, 0.25) is 0 Å². The molecule has 0 atom stereocenters. The lowest BCUT2D eigenvalue weighted by atomic mass is 10.1. The van der Waals surface area contributed by atoms with Crippen molar-refractivity contribution in [2.24, 2.45) is 0 Å². The molecule has 1 rings (SSSR count). The quantitative estimate of drug-likeness (QED) is 0.837. The summed E-state index contributed by atoms with van der Waals surface area (Å²) in [6, 6.07) is 4.50. The Balaban J connectivity index is 2.75. The van der Waals surface area contributed by atoms with Crippen LogP contribution in [0.4, 0.5) is 4.79 Å². The molecule has 0 unspecified atom stereocenters. The number of carboxylic acid groups (broad SMARTS) is 1. The van der Waals surface area contributed by atoms with Gasteiger partial charge >= 0.3 is 12.1 Å². The SMILES string of the molecule is COc1ccc(C(=O)O)c(C#CCNC(=O)OC(C)(C)C)c1. The Kier molecular flexibility index (Phi) is 5.81. The van der Waals surface area contributed by atoms with Crippen molar-refractivity contribution in [2.75, 3.05) is 13.7 Å². The number of aromatic carboxylic acids is 1. The van der Waals surface area contributed by atoms with E-state index in [1.165, 1.54) is 19.2 Å². The highest BCUT2D eigenvalue weighted by atomic mass is 16.6. The van der Waals surface area contributed by atoms with Crippen LogP contribution >= 0.6 is 0 Å². The van der Waals surface area contributed by atoms with Crippen LogP contribution in [0.2, 0.25) is 0 Å². The van der Waals surface area contributed by atoms with Gasteiger partial charge in [0.05, 0.1) is 19.2 Å². The van der Waals surface area contributed by atoms with E-state index in [0.29, 0.717) is 11.3 Å². The van der Waals surface area contributed by atoms with Gasteiger partial charge in [0.15, 0.2) is 0 Å². The van der Waals surface area contributed by atoms with E-state index in [9.17, 15) is 9.59 Å². The molecule has 0 aromatic heterocycles. The van der Waals surface area contributed by atoms with E-state index in [1.54, 1.807) is 26.8 Å². The molecule has 1 aromatic carbocycles. The van der Waals surface area contributed by atoms with Crippen LogP contribution in [-0.4, -0.2) is 36.4 Å². The number of amides is 1. The van der Waals surface area contributed by atoms with Gasteiger partial charge in [-0.3, -0.25) is 0 Å². The molecule has 6 nitrogen and oxygen atoms in total. The molecular formula is C16H19NO5. The Bertz CT molecular complexity index is 620. The number of methoxy groups -OCH3 is 1. The van der Waals surface area contributed by atoms with E-state index in [2.05, 4.69) is 17.2 Å². The van der Waals surface area contributed by atoms with Gasteiger partial charge in [-0.1, -0.05) is 11.8 Å². The normalized spacial score (nSPS) is 10.2. The second kappa shape index (κ2) is 7.36. The molecule has 0 radical (unpaired) electrons. The zero-order valence-electron chi connectivity index (χ0n) is 13.0. The molecule has 0 saturated heterocycles. The maximum absolute atomic E-state index is 11.4. The van der Waals surface area contributed by atoms with Crippen LogP contribution in [0.1, 0.15) is 36.7 Å². The van der Waals surface area contributed by atoms with Crippen LogP contribution in [0, 0.1) is 11.8 Å². The Labute approximate surface area is 129 Å². The highest BCUT2D eigenvalue weighted by molar-refractivity contribution is 5.91. The second-order valence-electron chi connectivity index (χ2n) is 5.37. The molecule has 118 valence electrons. The molecule has 0 saturated carbocycles. The van der Waals surface area contributed by atoms with Crippen LogP contribution in [0.25, 0.3) is 0 Å². The third-order valence-corrected chi connectivity index (χ3v) is 2.40. The standard InChI is InChI=1S/C16H19NO5/c1-16(2,3)22-15(20)17-9-5-6-11-10-12(21-4)7-8-13(11)14(18)19/h7-8,10H,9H2,1-4H3,(H,17,20)(H,18,19). The minimum Gasteiger partial charge on any atom is -0.497 e. The molecule has 0 aliphatic heterocycles. The van der Waals surface area contributed by atoms with Crippen LogP contribution in [0.3, 0.4) is 0 Å². The smallest absolute Gasteiger partial charge is 0.408 e. The van der Waals surface area contributed by atoms with E-state index in [-0.39, 0.29) is 12.1 Å². The summed E-state index contributed by atoms with van der Waals surface area (Å²) >= 11 is 0. The molecule has 2 N–H and O–H groups in total. The number of carboxylic acids is 1. The minimum absolute atomic E-state index is 0.0468. The average Bonchev–Trinajstić information content (AvgIpc) is 2.41. The lowest BCUT2D eigenvalue weighted by molar-refractivity contribution is 0.0534. The first kappa shape index (κ1) is 17.4. The van der Waals surface area contributed by atoms with Crippen LogP contribution in [0.15, 0.2) is 18.2 Å². The van der Waals surface area contributed by atoms with Gasteiger partial charge in [-0.05, 0) is 39.0 Å². The molecule has 0 fully saturated rings. The molecule has 22 heavy (non-hydrogen) atoms. The first-order valence-corrected chi connectivity index (χ1v) is 6.60. The topological polar surface area (TPSA) is 84.9 Å². The number of nitrogens with one attached hydrogen (secondary N) is 1. The Morgan fingerprint density at radius 3 is 2.55 bits per heavy atom. The zero-order chi connectivity index (χ0) is 16.8. The second-order valence-corrected chi connectivity index (χ2v) is 5.37. The maximum atomic E-state index is 11.4. The molecule has 1 aromatic rings. The number of rotatable bonds is 3. The zero-order valence-corrected chi connectivity index (χ0v) is 13.0. The fourth-order valence-corrected chi connectivity index (χ4v) is 1.51. The Morgan fingerprint density at radius 2 is 2.00 bits per heavy atom. The van der Waals surface area contributed by atoms with Gasteiger partial charge in [-0.15, -0.1) is 0 Å². The Hall–Kier alpha value is -2.68. The number of ether oxygens (including phenoxy) is 2. The number of carbonyl (C=O) groups is 2. The van der Waals surface area contributed by atoms with Crippen molar-refractivity contribution in [1.29, 1.82) is 0 Å². The van der Waals surface area contributed by atoms with E-state index in [0.717, 1.165) is 0 Å². The van der Waals surface area contributed by atoms with Crippen molar-refractivity contribution >= 4 is 12.1 Å². The third-order valence-electron chi connectivity index (χ3n) is 2.40. The predicted molar refractivity (Wildman–Crippen MR) is 81.1 cm³/mol. The lowest BCUT2D eigenvalue weighted by Crippen LogP contribution is -2.32. The summed E-state index contributed by atoms with van der Waals surface area (Å²) in [5, 5.41) is 11.6. The molecule has 0 aliphatic carbocycles. The fourth-order valence-electron chi connectivity index (χ4n) is 1.51. The van der Waals surface area contributed by atoms with E-state index in [4.69, 9.17) is 14.6 Å². The molecule has 1 amide bonds. The van der Waals surface area contributed by atoms with Gasteiger partial charge < -0.3 is 19.9 Å². The molecule has 0 bridgehead atoms. The highest BCUT2D eigenvalue weighted by Crippen LogP contribution is 2.16. The van der Waals surface area contributed by atoms with Crippen molar-refractivity contribution < 1.29 is 24.2 Å². The van der Waals surface area contributed by atoms with Gasteiger partial charge in [0.25, 0.3) is 0 Å². The molecule has 0 heterocycles. The third kappa shape index (κ3) is 5.75. The number of alkyl carbamates (subject to hydrolysis) is 1. The monoisotopic (exact) mass is 305 g/mol. The van der Waals surface area contributed by atoms with E-state index >= 15 is 0 Å². The van der Waals surface area contributed by atoms with Gasteiger partial charge in [0.1, 0.15) is 11.4 Å². The fraction of sp³-hybridized carbons (Fsp3) is 0.375. The van der Waals surface area contributed by atoms with E-state index in [1.807, 2.05) is 0 Å². The lowest BCUT2D eigenvalue weighted by Gasteiger charge is -2.19. The van der Waals surface area contributed by atoms with Crippen molar-refractivity contribution in [2.45, 2.75) is 26.4 Å². The van der Waals surface area contributed by atoms with Crippen molar-refractivity contribution in [1.82, 2.24) is 5.32 Å². The number of hydrogen-bond donors (Lipinski definition) is 2. The summed E-state index contributed by atoms with van der Waals surface area (Å²) in [5.74, 6) is 4.82. The summed E-state index contributed by atoms with van der Waals surface area (Å²) in [4.78, 5) is 22.6. The molecule has 0 spiro atoms. The van der Waals surface area contributed by atoms with Crippen LogP contribution < -0.4 is 10.1 Å². The molecular weight excluding hydrogens is 286 g/mol. The minimum atomic E-state index is -1.08. The predicted octanol–water partition coefficient (Wildman–Crippen LogP) is 2.27. The molecule has 6 heteroatoms. The van der Waals surface area contributed by atoms with Crippen molar-refractivity contribution in [3.63, 3.8) is 0 Å². The maximum Gasteiger partial charge on any atom is 0.408 e. The van der Waals surface area contributed by atoms with E-state index < -0.39 is 17.7 Å². The summed E-state index contributed by atoms with van der Waals surface area (Å²) in [6.45, 7) is 5.32. The number of hydrogen-bond acceptors (Lipinski definition) is 4. The summed E-state index contributed by atoms with van der Waals surface area (Å²) < 4.78 is 10.1. The van der Waals surface area contributed by atoms with Crippen LogP contribution in [0.5, 0.6) is 5.75 Å². The first-order valence-electron chi connectivity index (χ1n) is 6.60. The number of carbonyl (C=O) groups excluding carboxylic acids is 1.